The summed E-state index contributed by atoms with van der Waals surface area (Å²) in [5, 5.41) is 9.03. The van der Waals surface area contributed by atoms with E-state index in [4.69, 9.17) is 9.84 Å². The van der Waals surface area contributed by atoms with Crippen molar-refractivity contribution in [1.82, 2.24) is 4.90 Å². The van der Waals surface area contributed by atoms with Crippen molar-refractivity contribution < 1.29 is 32.6 Å². The lowest BCUT2D eigenvalue weighted by Crippen LogP contribution is -2.47. The zero-order valence-electron chi connectivity index (χ0n) is 11.3. The third-order valence-corrected chi connectivity index (χ3v) is 3.55. The molecule has 0 bridgehead atoms. The molecule has 2 rings (SSSR count). The predicted octanol–water partition coefficient (Wildman–Crippen LogP) is 2.26. The van der Waals surface area contributed by atoms with E-state index in [1.807, 2.05) is 0 Å². The standard InChI is InChI=1S/C12H16F3NO4/c1-11(2,3)20-10(19)16-6(9(17)18)4-5-7(8(5)16)12(13,14)15/h5-8H,4H2,1-3H3,(H,17,18)/t5-,6+,7-,8-/m1/s1. The van der Waals surface area contributed by atoms with Gasteiger partial charge in [0.05, 0.1) is 12.0 Å². The van der Waals surface area contributed by atoms with Crippen LogP contribution < -0.4 is 0 Å². The van der Waals surface area contributed by atoms with E-state index in [1.54, 1.807) is 20.8 Å². The summed E-state index contributed by atoms with van der Waals surface area (Å²) in [6.07, 6.45) is -5.59. The molecule has 1 aliphatic heterocycles. The quantitative estimate of drug-likeness (QED) is 0.805. The number of ether oxygens (including phenoxy) is 1. The Morgan fingerprint density at radius 1 is 1.25 bits per heavy atom. The molecule has 0 aromatic rings. The largest absolute Gasteiger partial charge is 0.480 e. The number of carboxylic acid groups (broad SMARTS) is 1. The molecule has 0 spiro atoms. The van der Waals surface area contributed by atoms with Gasteiger partial charge in [-0.2, -0.15) is 13.2 Å². The van der Waals surface area contributed by atoms with Gasteiger partial charge < -0.3 is 9.84 Å². The molecule has 8 heteroatoms. The average Bonchev–Trinajstić information content (AvgIpc) is 2.77. The Balaban J connectivity index is 2.18. The van der Waals surface area contributed by atoms with Crippen molar-refractivity contribution >= 4 is 12.1 Å². The molecule has 20 heavy (non-hydrogen) atoms. The Labute approximate surface area is 113 Å². The van der Waals surface area contributed by atoms with Crippen LogP contribution >= 0.6 is 0 Å². The number of halogens is 3. The van der Waals surface area contributed by atoms with E-state index >= 15 is 0 Å². The van der Waals surface area contributed by atoms with E-state index in [1.165, 1.54) is 0 Å². The van der Waals surface area contributed by atoms with Crippen LogP contribution in [0.15, 0.2) is 0 Å². The number of carbonyl (C=O) groups excluding carboxylic acids is 1. The number of nitrogens with zero attached hydrogens (tertiary/aromatic N) is 1. The van der Waals surface area contributed by atoms with Crippen LogP contribution in [-0.4, -0.2) is 45.9 Å². The fourth-order valence-electron chi connectivity index (χ4n) is 2.82. The molecule has 0 radical (unpaired) electrons. The van der Waals surface area contributed by atoms with Gasteiger partial charge in [-0.15, -0.1) is 0 Å². The molecular weight excluding hydrogens is 279 g/mol. The molecular formula is C12H16F3NO4. The molecule has 1 saturated carbocycles. The molecule has 0 aromatic carbocycles. The first kappa shape index (κ1) is 14.9. The van der Waals surface area contributed by atoms with Gasteiger partial charge in [0.1, 0.15) is 11.6 Å². The van der Waals surface area contributed by atoms with Gasteiger partial charge in [0.25, 0.3) is 0 Å². The Bertz CT molecular complexity index is 443. The molecule has 1 aliphatic carbocycles. The monoisotopic (exact) mass is 295 g/mol. The van der Waals surface area contributed by atoms with Crippen LogP contribution in [0.4, 0.5) is 18.0 Å². The highest BCUT2D eigenvalue weighted by Crippen LogP contribution is 2.60. The number of carbonyl (C=O) groups is 2. The van der Waals surface area contributed by atoms with Crippen molar-refractivity contribution in [2.24, 2.45) is 11.8 Å². The highest BCUT2D eigenvalue weighted by Gasteiger charge is 2.73. The number of alkyl halides is 3. The zero-order valence-corrected chi connectivity index (χ0v) is 11.3. The maximum atomic E-state index is 12.7. The summed E-state index contributed by atoms with van der Waals surface area (Å²) in [5.74, 6) is -3.77. The minimum Gasteiger partial charge on any atom is -0.480 e. The average molecular weight is 295 g/mol. The molecule has 2 fully saturated rings. The Hall–Kier alpha value is -1.47. The smallest absolute Gasteiger partial charge is 0.411 e. The van der Waals surface area contributed by atoms with Crippen LogP contribution in [0.2, 0.25) is 0 Å². The summed E-state index contributed by atoms with van der Waals surface area (Å²) < 4.78 is 43.2. The van der Waals surface area contributed by atoms with Crippen LogP contribution in [0.1, 0.15) is 27.2 Å². The number of aliphatic carboxylic acids is 1. The van der Waals surface area contributed by atoms with Gasteiger partial charge in [0.15, 0.2) is 0 Å². The summed E-state index contributed by atoms with van der Waals surface area (Å²) in [6, 6.07) is -2.34. The summed E-state index contributed by atoms with van der Waals surface area (Å²) >= 11 is 0. The van der Waals surface area contributed by atoms with E-state index in [2.05, 4.69) is 0 Å². The lowest BCUT2D eigenvalue weighted by atomic mass is 10.1. The van der Waals surface area contributed by atoms with E-state index in [0.29, 0.717) is 0 Å². The number of hydrogen-bond donors (Lipinski definition) is 1. The minimum atomic E-state index is -4.42. The van der Waals surface area contributed by atoms with Crippen LogP contribution in [0.25, 0.3) is 0 Å². The van der Waals surface area contributed by atoms with Crippen molar-refractivity contribution in [2.75, 3.05) is 0 Å². The van der Waals surface area contributed by atoms with E-state index in [-0.39, 0.29) is 6.42 Å². The first-order chi connectivity index (χ1) is 8.93. The van der Waals surface area contributed by atoms with Crippen LogP contribution in [0, 0.1) is 11.8 Å². The van der Waals surface area contributed by atoms with Gasteiger partial charge in [-0.05, 0) is 33.1 Å². The number of carboxylic acids is 1. The number of rotatable bonds is 1. The van der Waals surface area contributed by atoms with Crippen molar-refractivity contribution in [3.05, 3.63) is 0 Å². The minimum absolute atomic E-state index is 0.177. The second kappa shape index (κ2) is 4.26. The van der Waals surface area contributed by atoms with Gasteiger partial charge in [-0.3, -0.25) is 4.90 Å². The number of hydrogen-bond acceptors (Lipinski definition) is 3. The molecule has 114 valence electrons. The number of amides is 1. The first-order valence-electron chi connectivity index (χ1n) is 6.24. The highest BCUT2D eigenvalue weighted by atomic mass is 19.4. The summed E-state index contributed by atoms with van der Waals surface area (Å²) in [7, 11) is 0. The van der Waals surface area contributed by atoms with Gasteiger partial charge in [-0.1, -0.05) is 0 Å². The summed E-state index contributed by atoms with van der Waals surface area (Å²) in [4.78, 5) is 23.8. The molecule has 5 nitrogen and oxygen atoms in total. The summed E-state index contributed by atoms with van der Waals surface area (Å²) in [5.41, 5.74) is -0.888. The normalized spacial score (nSPS) is 32.8. The van der Waals surface area contributed by atoms with Crippen LogP contribution in [0.3, 0.4) is 0 Å². The molecule has 0 aromatic heterocycles. The highest BCUT2D eigenvalue weighted by molar-refractivity contribution is 5.82. The lowest BCUT2D eigenvalue weighted by molar-refractivity contribution is -0.162. The fraction of sp³-hybridized carbons (Fsp3) is 0.833. The molecule has 2 aliphatic rings. The molecule has 4 atom stereocenters. The molecule has 1 N–H and O–H groups in total. The third-order valence-electron chi connectivity index (χ3n) is 3.55. The van der Waals surface area contributed by atoms with E-state index in [9.17, 15) is 22.8 Å². The van der Waals surface area contributed by atoms with Crippen molar-refractivity contribution in [3.63, 3.8) is 0 Å². The van der Waals surface area contributed by atoms with E-state index in [0.717, 1.165) is 4.90 Å². The Kier molecular flexibility index (Phi) is 3.18. The van der Waals surface area contributed by atoms with Gasteiger partial charge in [0, 0.05) is 0 Å². The maximum absolute atomic E-state index is 12.7. The van der Waals surface area contributed by atoms with E-state index < -0.39 is 47.8 Å². The second-order valence-corrected chi connectivity index (χ2v) is 6.20. The topological polar surface area (TPSA) is 66.8 Å². The molecule has 1 heterocycles. The molecule has 0 unspecified atom stereocenters. The van der Waals surface area contributed by atoms with Crippen LogP contribution in [0.5, 0.6) is 0 Å². The Morgan fingerprint density at radius 2 is 1.80 bits per heavy atom. The van der Waals surface area contributed by atoms with Gasteiger partial charge >= 0.3 is 18.2 Å². The number of likely N-dealkylation sites (tertiary alicyclic amines) is 1. The van der Waals surface area contributed by atoms with Crippen LogP contribution in [-0.2, 0) is 9.53 Å². The molecule has 1 amide bonds. The predicted molar refractivity (Wildman–Crippen MR) is 60.9 cm³/mol. The fourth-order valence-corrected chi connectivity index (χ4v) is 2.82. The summed E-state index contributed by atoms with van der Waals surface area (Å²) in [6.45, 7) is 4.72. The van der Waals surface area contributed by atoms with Crippen molar-refractivity contribution in [3.8, 4) is 0 Å². The van der Waals surface area contributed by atoms with Crippen molar-refractivity contribution in [1.29, 1.82) is 0 Å². The lowest BCUT2D eigenvalue weighted by Gasteiger charge is -2.29. The Morgan fingerprint density at radius 3 is 2.20 bits per heavy atom. The number of piperidine rings is 1. The van der Waals surface area contributed by atoms with Crippen molar-refractivity contribution in [2.45, 2.75) is 51.1 Å². The SMILES string of the molecule is CC(C)(C)OC(=O)N1[C@@H]2[C@H](C[C@H]1C(=O)O)[C@H]2C(F)(F)F. The molecule has 1 saturated heterocycles. The van der Waals surface area contributed by atoms with Gasteiger partial charge in [-0.25, -0.2) is 9.59 Å². The maximum Gasteiger partial charge on any atom is 0.411 e. The number of fused-ring (bicyclic) bond motifs is 1. The second-order valence-electron chi connectivity index (χ2n) is 6.20. The first-order valence-corrected chi connectivity index (χ1v) is 6.24. The zero-order chi connectivity index (χ0) is 15.5. The third kappa shape index (κ3) is 2.55. The van der Waals surface area contributed by atoms with Gasteiger partial charge in [0.2, 0.25) is 0 Å².